The highest BCUT2D eigenvalue weighted by atomic mass is 32.2. The van der Waals surface area contributed by atoms with E-state index < -0.39 is 10.0 Å². The van der Waals surface area contributed by atoms with Gasteiger partial charge in [0.1, 0.15) is 0 Å². The number of likely N-dealkylation sites (tertiary alicyclic amines) is 1. The van der Waals surface area contributed by atoms with Crippen LogP contribution >= 0.6 is 0 Å². The number of nitrogens with one attached hydrogen (secondary N) is 2. The lowest BCUT2D eigenvalue weighted by molar-refractivity contribution is -0.0424. The third-order valence-electron chi connectivity index (χ3n) is 5.60. The quantitative estimate of drug-likeness (QED) is 0.722. The lowest BCUT2D eigenvalue weighted by atomic mass is 9.77. The van der Waals surface area contributed by atoms with Crippen LogP contribution in [0.15, 0.2) is 30.3 Å². The van der Waals surface area contributed by atoms with E-state index in [1.807, 2.05) is 13.0 Å². The van der Waals surface area contributed by atoms with Crippen molar-refractivity contribution in [3.63, 3.8) is 0 Å². The summed E-state index contributed by atoms with van der Waals surface area (Å²) >= 11 is 0. The van der Waals surface area contributed by atoms with Crippen molar-refractivity contribution in [1.82, 2.24) is 14.9 Å². The molecular weight excluding hydrogens is 378 g/mol. The van der Waals surface area contributed by atoms with E-state index in [1.165, 1.54) is 5.56 Å². The SMILES string of the molecule is CCNC(=O)N1CCC[C@H](NS(C)(=O)=O)[C@@H]1CO[C@H]1C[C@@H](c2ccccc2)C1. The number of carbonyl (C=O) groups excluding carboxylic acids is 1. The second-order valence-corrected chi connectivity index (χ2v) is 9.55. The number of rotatable bonds is 7. The predicted molar refractivity (Wildman–Crippen MR) is 109 cm³/mol. The van der Waals surface area contributed by atoms with Crippen LogP contribution in [0.3, 0.4) is 0 Å². The maximum absolute atomic E-state index is 12.5. The molecule has 1 heterocycles. The van der Waals surface area contributed by atoms with E-state index in [9.17, 15) is 13.2 Å². The summed E-state index contributed by atoms with van der Waals surface area (Å²) in [6.45, 7) is 3.36. The van der Waals surface area contributed by atoms with Gasteiger partial charge in [0.05, 0.1) is 25.0 Å². The number of hydrogen-bond acceptors (Lipinski definition) is 4. The molecule has 156 valence electrons. The minimum absolute atomic E-state index is 0.155. The summed E-state index contributed by atoms with van der Waals surface area (Å²) < 4.78 is 32.4. The maximum Gasteiger partial charge on any atom is 0.317 e. The molecule has 7 nitrogen and oxygen atoms in total. The number of amides is 2. The van der Waals surface area contributed by atoms with Crippen LogP contribution in [0.25, 0.3) is 0 Å². The zero-order valence-corrected chi connectivity index (χ0v) is 17.5. The van der Waals surface area contributed by atoms with Crippen LogP contribution in [0, 0.1) is 0 Å². The Balaban J connectivity index is 1.60. The molecule has 1 aliphatic heterocycles. The number of piperidine rings is 1. The highest BCUT2D eigenvalue weighted by Crippen LogP contribution is 2.38. The van der Waals surface area contributed by atoms with Crippen molar-refractivity contribution in [3.05, 3.63) is 35.9 Å². The van der Waals surface area contributed by atoms with E-state index in [2.05, 4.69) is 34.3 Å². The molecule has 2 aliphatic rings. The van der Waals surface area contributed by atoms with Crippen molar-refractivity contribution in [2.75, 3.05) is 26.0 Å². The van der Waals surface area contributed by atoms with Crippen LogP contribution in [-0.2, 0) is 14.8 Å². The van der Waals surface area contributed by atoms with Gasteiger partial charge in [-0.15, -0.1) is 0 Å². The molecule has 3 rings (SSSR count). The normalized spacial score (nSPS) is 27.9. The molecule has 0 bridgehead atoms. The van der Waals surface area contributed by atoms with Gasteiger partial charge in [0.15, 0.2) is 0 Å². The molecule has 1 saturated heterocycles. The van der Waals surface area contributed by atoms with Gasteiger partial charge in [-0.1, -0.05) is 30.3 Å². The average molecular weight is 410 g/mol. The molecule has 8 heteroatoms. The van der Waals surface area contributed by atoms with Crippen molar-refractivity contribution in [1.29, 1.82) is 0 Å². The molecule has 2 N–H and O–H groups in total. The summed E-state index contributed by atoms with van der Waals surface area (Å²) in [4.78, 5) is 14.2. The van der Waals surface area contributed by atoms with Crippen molar-refractivity contribution in [2.45, 2.75) is 56.7 Å². The second-order valence-electron chi connectivity index (χ2n) is 7.77. The minimum atomic E-state index is -3.36. The minimum Gasteiger partial charge on any atom is -0.376 e. The monoisotopic (exact) mass is 409 g/mol. The fraction of sp³-hybridized carbons (Fsp3) is 0.650. The fourth-order valence-corrected chi connectivity index (χ4v) is 4.94. The van der Waals surface area contributed by atoms with E-state index in [0.29, 0.717) is 32.0 Å². The van der Waals surface area contributed by atoms with E-state index in [4.69, 9.17) is 4.74 Å². The van der Waals surface area contributed by atoms with Crippen molar-refractivity contribution in [3.8, 4) is 0 Å². The van der Waals surface area contributed by atoms with Gasteiger partial charge in [0.25, 0.3) is 0 Å². The van der Waals surface area contributed by atoms with Gasteiger partial charge in [0, 0.05) is 19.1 Å². The lowest BCUT2D eigenvalue weighted by Gasteiger charge is -2.43. The van der Waals surface area contributed by atoms with E-state index >= 15 is 0 Å². The third-order valence-corrected chi connectivity index (χ3v) is 6.33. The molecule has 1 aromatic rings. The highest BCUT2D eigenvalue weighted by molar-refractivity contribution is 7.88. The Morgan fingerprint density at radius 1 is 1.25 bits per heavy atom. The number of carbonyl (C=O) groups is 1. The summed E-state index contributed by atoms with van der Waals surface area (Å²) in [6, 6.07) is 9.63. The van der Waals surface area contributed by atoms with Crippen LogP contribution in [0.4, 0.5) is 4.79 Å². The first-order valence-electron chi connectivity index (χ1n) is 10.1. The smallest absolute Gasteiger partial charge is 0.317 e. The highest BCUT2D eigenvalue weighted by Gasteiger charge is 2.38. The van der Waals surface area contributed by atoms with Gasteiger partial charge in [-0.25, -0.2) is 17.9 Å². The number of ether oxygens (including phenoxy) is 1. The predicted octanol–water partition coefficient (Wildman–Crippen LogP) is 2.06. The number of sulfonamides is 1. The Morgan fingerprint density at radius 3 is 2.61 bits per heavy atom. The maximum atomic E-state index is 12.5. The fourth-order valence-electron chi connectivity index (χ4n) is 4.11. The van der Waals surface area contributed by atoms with E-state index in [1.54, 1.807) is 4.90 Å². The average Bonchev–Trinajstić information content (AvgIpc) is 2.61. The van der Waals surface area contributed by atoms with Crippen LogP contribution < -0.4 is 10.0 Å². The number of urea groups is 1. The summed E-state index contributed by atoms with van der Waals surface area (Å²) in [5, 5.41) is 2.83. The van der Waals surface area contributed by atoms with Crippen LogP contribution in [0.5, 0.6) is 0 Å². The summed E-state index contributed by atoms with van der Waals surface area (Å²) in [7, 11) is -3.36. The lowest BCUT2D eigenvalue weighted by Crippen LogP contribution is -2.60. The van der Waals surface area contributed by atoms with Gasteiger partial charge < -0.3 is 15.0 Å². The Morgan fingerprint density at radius 2 is 1.96 bits per heavy atom. The zero-order valence-electron chi connectivity index (χ0n) is 16.6. The number of nitrogens with zero attached hydrogens (tertiary/aromatic N) is 1. The molecule has 0 unspecified atom stereocenters. The standard InChI is InChI=1S/C20H31N3O4S/c1-3-21-20(24)23-11-7-10-18(22-28(2,25)26)19(23)14-27-17-12-16(13-17)15-8-5-4-6-9-15/h4-6,8-9,16-19,22H,3,7,10-14H2,1-2H3,(H,21,24)/t16-,17+,18-,19-/m0/s1. The molecule has 0 spiro atoms. The number of hydrogen-bond donors (Lipinski definition) is 2. The molecule has 2 amide bonds. The van der Waals surface area contributed by atoms with Crippen LogP contribution in [0.1, 0.15) is 44.1 Å². The molecule has 2 atom stereocenters. The van der Waals surface area contributed by atoms with Gasteiger partial charge >= 0.3 is 6.03 Å². The Kier molecular flexibility index (Phi) is 6.95. The van der Waals surface area contributed by atoms with Crippen LogP contribution in [-0.4, -0.2) is 63.5 Å². The van der Waals surface area contributed by atoms with Gasteiger partial charge in [-0.05, 0) is 44.1 Å². The van der Waals surface area contributed by atoms with E-state index in [0.717, 1.165) is 25.5 Å². The molecule has 1 aromatic carbocycles. The third kappa shape index (κ3) is 5.46. The molecular formula is C20H31N3O4S. The summed E-state index contributed by atoms with van der Waals surface area (Å²) in [6.07, 6.45) is 4.70. The van der Waals surface area contributed by atoms with E-state index in [-0.39, 0.29) is 24.2 Å². The summed E-state index contributed by atoms with van der Waals surface area (Å²) in [5.74, 6) is 0.516. The van der Waals surface area contributed by atoms with Gasteiger partial charge in [-0.3, -0.25) is 0 Å². The molecule has 0 aromatic heterocycles. The van der Waals surface area contributed by atoms with Gasteiger partial charge in [0.2, 0.25) is 10.0 Å². The molecule has 1 aliphatic carbocycles. The Labute approximate surface area is 167 Å². The zero-order chi connectivity index (χ0) is 20.1. The van der Waals surface area contributed by atoms with Crippen molar-refractivity contribution in [2.24, 2.45) is 0 Å². The Bertz CT molecular complexity index is 750. The molecule has 2 fully saturated rings. The van der Waals surface area contributed by atoms with Crippen LogP contribution in [0.2, 0.25) is 0 Å². The Hall–Kier alpha value is -1.64. The molecule has 0 radical (unpaired) electrons. The molecule has 28 heavy (non-hydrogen) atoms. The first kappa shape index (κ1) is 21.1. The first-order valence-corrected chi connectivity index (χ1v) is 11.9. The summed E-state index contributed by atoms with van der Waals surface area (Å²) in [5.41, 5.74) is 1.33. The number of benzene rings is 1. The van der Waals surface area contributed by atoms with Crippen molar-refractivity contribution >= 4 is 16.1 Å². The topological polar surface area (TPSA) is 87.7 Å². The van der Waals surface area contributed by atoms with Gasteiger partial charge in [-0.2, -0.15) is 0 Å². The first-order chi connectivity index (χ1) is 13.4. The second kappa shape index (κ2) is 9.24. The van der Waals surface area contributed by atoms with Crippen molar-refractivity contribution < 1.29 is 17.9 Å². The largest absolute Gasteiger partial charge is 0.376 e. The molecule has 1 saturated carbocycles.